The topological polar surface area (TPSA) is 71.0 Å². The van der Waals surface area contributed by atoms with Gasteiger partial charge < -0.3 is 14.5 Å². The van der Waals surface area contributed by atoms with E-state index in [0.717, 1.165) is 16.8 Å². The van der Waals surface area contributed by atoms with Gasteiger partial charge in [-0.1, -0.05) is 11.6 Å². The minimum atomic E-state index is -0.145. The quantitative estimate of drug-likeness (QED) is 0.794. The third kappa shape index (κ3) is 2.80. The van der Waals surface area contributed by atoms with E-state index < -0.39 is 0 Å². The van der Waals surface area contributed by atoms with Gasteiger partial charge in [0.15, 0.2) is 0 Å². The number of carbonyl (C=O) groups excluding carboxylic acids is 1. The molecule has 0 bridgehead atoms. The Morgan fingerprint density at radius 1 is 1.42 bits per heavy atom. The number of aryl methyl sites for hydroxylation is 1. The van der Waals surface area contributed by atoms with Crippen LogP contribution in [0.4, 0.5) is 5.69 Å². The van der Waals surface area contributed by atoms with Crippen molar-refractivity contribution in [1.82, 2.24) is 14.5 Å². The number of imidazole rings is 1. The van der Waals surface area contributed by atoms with Crippen LogP contribution in [-0.4, -0.2) is 27.5 Å². The molecule has 0 saturated heterocycles. The number of benzene rings is 1. The number of nitrogens with zero attached hydrogens (tertiary/aromatic N) is 3. The molecule has 0 fully saturated rings. The van der Waals surface area contributed by atoms with E-state index in [2.05, 4.69) is 9.97 Å². The Morgan fingerprint density at radius 3 is 2.79 bits per heavy atom. The molecular weight excluding hydrogens is 328 g/mol. The van der Waals surface area contributed by atoms with Crippen LogP contribution in [0.1, 0.15) is 18.3 Å². The SMILES string of the molecule is CC(=O)N(C)c1cc2ccn(Cc3nc[nH]c3C)c(=O)c2cc1Cl. The highest BCUT2D eigenvalue weighted by Crippen LogP contribution is 2.29. The lowest BCUT2D eigenvalue weighted by Gasteiger charge is -2.17. The molecule has 1 aromatic carbocycles. The number of hydrogen-bond acceptors (Lipinski definition) is 3. The highest BCUT2D eigenvalue weighted by molar-refractivity contribution is 6.34. The summed E-state index contributed by atoms with van der Waals surface area (Å²) in [6.45, 7) is 3.76. The van der Waals surface area contributed by atoms with Gasteiger partial charge in [0, 0.05) is 31.2 Å². The second-order valence-corrected chi connectivity index (χ2v) is 6.10. The van der Waals surface area contributed by atoms with E-state index >= 15 is 0 Å². The van der Waals surface area contributed by atoms with Crippen LogP contribution in [0.3, 0.4) is 0 Å². The Kier molecular flexibility index (Phi) is 4.15. The van der Waals surface area contributed by atoms with Crippen LogP contribution in [-0.2, 0) is 11.3 Å². The number of H-pyrrole nitrogens is 1. The van der Waals surface area contributed by atoms with Crippen molar-refractivity contribution in [2.24, 2.45) is 0 Å². The summed E-state index contributed by atoms with van der Waals surface area (Å²) in [5.74, 6) is -0.126. The fraction of sp³-hybridized carbons (Fsp3) is 0.235. The number of fused-ring (bicyclic) bond motifs is 1. The van der Waals surface area contributed by atoms with Crippen molar-refractivity contribution < 1.29 is 4.79 Å². The third-order valence-corrected chi connectivity index (χ3v) is 4.44. The van der Waals surface area contributed by atoms with Gasteiger partial charge in [-0.3, -0.25) is 9.59 Å². The summed E-state index contributed by atoms with van der Waals surface area (Å²) in [5.41, 5.74) is 2.18. The minimum Gasteiger partial charge on any atom is -0.348 e. The zero-order valence-electron chi connectivity index (χ0n) is 13.6. The van der Waals surface area contributed by atoms with Gasteiger partial charge in [0.25, 0.3) is 5.56 Å². The Morgan fingerprint density at radius 2 is 2.17 bits per heavy atom. The smallest absolute Gasteiger partial charge is 0.258 e. The van der Waals surface area contributed by atoms with Gasteiger partial charge in [0.1, 0.15) is 0 Å². The lowest BCUT2D eigenvalue weighted by atomic mass is 10.1. The highest BCUT2D eigenvalue weighted by atomic mass is 35.5. The minimum absolute atomic E-state index is 0.126. The molecule has 0 unspecified atom stereocenters. The van der Waals surface area contributed by atoms with E-state index in [0.29, 0.717) is 22.6 Å². The van der Waals surface area contributed by atoms with Crippen LogP contribution in [0.2, 0.25) is 5.02 Å². The monoisotopic (exact) mass is 344 g/mol. The average Bonchev–Trinajstić information content (AvgIpc) is 2.94. The van der Waals surface area contributed by atoms with Crippen LogP contribution in [0.5, 0.6) is 0 Å². The molecule has 3 rings (SSSR count). The average molecular weight is 345 g/mol. The zero-order chi connectivity index (χ0) is 17.4. The lowest BCUT2D eigenvalue weighted by molar-refractivity contribution is -0.116. The first-order chi connectivity index (χ1) is 11.4. The molecule has 0 aliphatic heterocycles. The molecule has 0 radical (unpaired) electrons. The van der Waals surface area contributed by atoms with Crippen molar-refractivity contribution in [3.8, 4) is 0 Å². The van der Waals surface area contributed by atoms with Gasteiger partial charge in [-0.15, -0.1) is 0 Å². The third-order valence-electron chi connectivity index (χ3n) is 4.13. The second-order valence-electron chi connectivity index (χ2n) is 5.69. The Labute approximate surface area is 143 Å². The number of rotatable bonds is 3. The molecule has 3 aromatic rings. The first kappa shape index (κ1) is 16.3. The van der Waals surface area contributed by atoms with Crippen molar-refractivity contribution in [3.63, 3.8) is 0 Å². The first-order valence-electron chi connectivity index (χ1n) is 7.44. The highest BCUT2D eigenvalue weighted by Gasteiger charge is 2.14. The van der Waals surface area contributed by atoms with Gasteiger partial charge in [0.05, 0.1) is 29.3 Å². The summed E-state index contributed by atoms with van der Waals surface area (Å²) in [5, 5.41) is 1.62. The molecular formula is C17H17ClN4O2. The number of amides is 1. The second kappa shape index (κ2) is 6.13. The van der Waals surface area contributed by atoms with Crippen LogP contribution in [0, 0.1) is 6.92 Å². The molecule has 0 aliphatic rings. The van der Waals surface area contributed by atoms with Gasteiger partial charge in [-0.2, -0.15) is 0 Å². The maximum Gasteiger partial charge on any atom is 0.258 e. The molecule has 0 aliphatic carbocycles. The number of hydrogen-bond donors (Lipinski definition) is 1. The van der Waals surface area contributed by atoms with Crippen molar-refractivity contribution in [2.75, 3.05) is 11.9 Å². The molecule has 0 spiro atoms. The number of anilines is 1. The van der Waals surface area contributed by atoms with Gasteiger partial charge >= 0.3 is 0 Å². The van der Waals surface area contributed by atoms with Crippen molar-refractivity contribution in [2.45, 2.75) is 20.4 Å². The van der Waals surface area contributed by atoms with Crippen LogP contribution >= 0.6 is 11.6 Å². The Hall–Kier alpha value is -2.60. The normalized spacial score (nSPS) is 11.0. The molecule has 0 atom stereocenters. The summed E-state index contributed by atoms with van der Waals surface area (Å²) in [6, 6.07) is 5.21. The van der Waals surface area contributed by atoms with Gasteiger partial charge in [-0.05, 0) is 30.5 Å². The number of pyridine rings is 1. The van der Waals surface area contributed by atoms with E-state index in [9.17, 15) is 9.59 Å². The van der Waals surface area contributed by atoms with Crippen LogP contribution in [0.15, 0.2) is 35.5 Å². The molecule has 2 aromatic heterocycles. The summed E-state index contributed by atoms with van der Waals surface area (Å²) in [4.78, 5) is 33.0. The summed E-state index contributed by atoms with van der Waals surface area (Å²) in [7, 11) is 1.65. The Balaban J connectivity index is 2.10. The number of nitrogens with one attached hydrogen (secondary N) is 1. The fourth-order valence-electron chi connectivity index (χ4n) is 2.55. The van der Waals surface area contributed by atoms with Crippen LogP contribution in [0.25, 0.3) is 10.8 Å². The molecule has 2 heterocycles. The summed E-state index contributed by atoms with van der Waals surface area (Å²) in [6.07, 6.45) is 3.34. The largest absolute Gasteiger partial charge is 0.348 e. The van der Waals surface area contributed by atoms with E-state index in [4.69, 9.17) is 11.6 Å². The summed E-state index contributed by atoms with van der Waals surface area (Å²) < 4.78 is 1.59. The molecule has 6 nitrogen and oxygen atoms in total. The van der Waals surface area contributed by atoms with Gasteiger partial charge in [-0.25, -0.2) is 4.98 Å². The van der Waals surface area contributed by atoms with Crippen molar-refractivity contribution in [3.05, 3.63) is 57.5 Å². The van der Waals surface area contributed by atoms with Crippen molar-refractivity contribution >= 4 is 34.0 Å². The molecule has 1 N–H and O–H groups in total. The maximum absolute atomic E-state index is 12.7. The van der Waals surface area contributed by atoms with E-state index in [-0.39, 0.29) is 11.5 Å². The number of aromatic amines is 1. The number of carbonyl (C=O) groups is 1. The zero-order valence-corrected chi connectivity index (χ0v) is 14.4. The van der Waals surface area contributed by atoms with Gasteiger partial charge in [0.2, 0.25) is 5.91 Å². The molecule has 1 amide bonds. The predicted molar refractivity (Wildman–Crippen MR) is 94.7 cm³/mol. The maximum atomic E-state index is 12.7. The lowest BCUT2D eigenvalue weighted by Crippen LogP contribution is -2.24. The molecule has 124 valence electrons. The number of halogens is 1. The summed E-state index contributed by atoms with van der Waals surface area (Å²) >= 11 is 6.28. The standard InChI is InChI=1S/C17H17ClN4O2/c1-10-15(20-9-19-10)8-22-5-4-12-6-16(21(3)11(2)23)14(18)7-13(12)17(22)24/h4-7,9H,8H2,1-3H3,(H,19,20). The number of aromatic nitrogens is 3. The molecule has 24 heavy (non-hydrogen) atoms. The molecule has 7 heteroatoms. The van der Waals surface area contributed by atoms with Crippen molar-refractivity contribution in [1.29, 1.82) is 0 Å². The first-order valence-corrected chi connectivity index (χ1v) is 7.82. The fourth-order valence-corrected chi connectivity index (χ4v) is 2.84. The predicted octanol–water partition coefficient (Wildman–Crippen LogP) is 2.72. The van der Waals surface area contributed by atoms with E-state index in [1.807, 2.05) is 13.0 Å². The molecule has 0 saturated carbocycles. The van der Waals surface area contributed by atoms with E-state index in [1.165, 1.54) is 11.8 Å². The van der Waals surface area contributed by atoms with Crippen LogP contribution < -0.4 is 10.5 Å². The van der Waals surface area contributed by atoms with E-state index in [1.54, 1.807) is 36.3 Å². The Bertz CT molecular complexity index is 990.